The van der Waals surface area contributed by atoms with Crippen molar-refractivity contribution in [3.63, 3.8) is 0 Å². The first-order valence-corrected chi connectivity index (χ1v) is 13.8. The van der Waals surface area contributed by atoms with Gasteiger partial charge in [-0.2, -0.15) is 0 Å². The van der Waals surface area contributed by atoms with Gasteiger partial charge in [-0.25, -0.2) is 19.2 Å². The third kappa shape index (κ3) is 10.3. The molecular weight excluding hydrogens is 556 g/mol. The average molecular weight is 591 g/mol. The van der Waals surface area contributed by atoms with Gasteiger partial charge in [-0.1, -0.05) is 19.9 Å². The van der Waals surface area contributed by atoms with Crippen LogP contribution in [0.5, 0.6) is 23.0 Å². The van der Waals surface area contributed by atoms with Crippen LogP contribution in [0.25, 0.3) is 0 Å². The van der Waals surface area contributed by atoms with Gasteiger partial charge in [0.15, 0.2) is 0 Å². The van der Waals surface area contributed by atoms with Crippen LogP contribution >= 0.6 is 0 Å². The van der Waals surface area contributed by atoms with E-state index in [0.29, 0.717) is 43.1 Å². The topological polar surface area (TPSA) is 124 Å². The average Bonchev–Trinajstić information content (AvgIpc) is 3.03. The van der Waals surface area contributed by atoms with E-state index in [1.54, 1.807) is 36.4 Å². The summed E-state index contributed by atoms with van der Waals surface area (Å²) in [6, 6.07) is 16.8. The maximum Gasteiger partial charge on any atom is 0.343 e. The van der Waals surface area contributed by atoms with Crippen LogP contribution in [-0.2, 0) is 14.3 Å². The molecule has 0 fully saturated rings. The Morgan fingerprint density at radius 3 is 1.77 bits per heavy atom. The van der Waals surface area contributed by atoms with E-state index in [1.165, 1.54) is 37.4 Å². The smallest absolute Gasteiger partial charge is 0.343 e. The van der Waals surface area contributed by atoms with E-state index in [0.717, 1.165) is 18.9 Å². The Bertz CT molecular complexity index is 1390. The molecule has 3 rings (SSSR count). The first-order chi connectivity index (χ1) is 20.8. The van der Waals surface area contributed by atoms with E-state index in [2.05, 4.69) is 13.5 Å². The quantitative estimate of drug-likeness (QED) is 0.0852. The van der Waals surface area contributed by atoms with Crippen LogP contribution in [0.2, 0.25) is 0 Å². The highest BCUT2D eigenvalue weighted by atomic mass is 16.6. The number of carbonyl (C=O) groups excluding carboxylic acids is 4. The van der Waals surface area contributed by atoms with Gasteiger partial charge in [0.25, 0.3) is 0 Å². The van der Waals surface area contributed by atoms with Gasteiger partial charge in [-0.3, -0.25) is 0 Å². The zero-order valence-corrected chi connectivity index (χ0v) is 24.2. The van der Waals surface area contributed by atoms with Crippen molar-refractivity contribution in [2.45, 2.75) is 32.6 Å². The van der Waals surface area contributed by atoms with E-state index in [9.17, 15) is 19.2 Å². The minimum atomic E-state index is -0.780. The molecule has 3 aromatic rings. The summed E-state index contributed by atoms with van der Waals surface area (Å²) in [6.45, 7) is 6.67. The number of unbranched alkanes of at least 4 members (excludes halogenated alkanes) is 2. The highest BCUT2D eigenvalue weighted by Crippen LogP contribution is 2.27. The molecule has 0 amide bonds. The second-order valence-electron chi connectivity index (χ2n) is 9.11. The molecule has 10 nitrogen and oxygen atoms in total. The van der Waals surface area contributed by atoms with Gasteiger partial charge in [-0.15, -0.1) is 0 Å². The van der Waals surface area contributed by atoms with Gasteiger partial charge in [-0.05, 0) is 86.0 Å². The molecule has 0 radical (unpaired) electrons. The summed E-state index contributed by atoms with van der Waals surface area (Å²) in [5.41, 5.74) is 0.413. The zero-order valence-electron chi connectivity index (χ0n) is 24.2. The van der Waals surface area contributed by atoms with Crippen LogP contribution < -0.4 is 18.9 Å². The Morgan fingerprint density at radius 1 is 0.674 bits per heavy atom. The van der Waals surface area contributed by atoms with Crippen molar-refractivity contribution >= 4 is 23.9 Å². The Balaban J connectivity index is 1.58. The number of methoxy groups -OCH3 is 1. The highest BCUT2D eigenvalue weighted by molar-refractivity contribution is 5.97. The molecule has 0 aliphatic rings. The van der Waals surface area contributed by atoms with Crippen molar-refractivity contribution in [1.29, 1.82) is 0 Å². The molecular formula is C33H34O10. The van der Waals surface area contributed by atoms with Crippen LogP contribution in [0.3, 0.4) is 0 Å². The summed E-state index contributed by atoms with van der Waals surface area (Å²) in [5, 5.41) is 0. The van der Waals surface area contributed by atoms with Crippen LogP contribution in [0, 0.1) is 0 Å². The predicted molar refractivity (Wildman–Crippen MR) is 157 cm³/mol. The predicted octanol–water partition coefficient (Wildman–Crippen LogP) is 5.98. The molecule has 10 heteroatoms. The van der Waals surface area contributed by atoms with Crippen molar-refractivity contribution in [2.75, 3.05) is 26.9 Å². The summed E-state index contributed by atoms with van der Waals surface area (Å²) in [6.07, 6.45) is 4.35. The fraction of sp³-hybridized carbons (Fsp3) is 0.273. The van der Waals surface area contributed by atoms with E-state index in [-0.39, 0.29) is 29.2 Å². The minimum absolute atomic E-state index is 0.0637. The zero-order chi connectivity index (χ0) is 31.0. The Morgan fingerprint density at radius 2 is 1.21 bits per heavy atom. The fourth-order valence-electron chi connectivity index (χ4n) is 3.59. The highest BCUT2D eigenvalue weighted by Gasteiger charge is 2.20. The van der Waals surface area contributed by atoms with Crippen LogP contribution in [0.1, 0.15) is 63.7 Å². The van der Waals surface area contributed by atoms with Gasteiger partial charge in [0, 0.05) is 6.08 Å². The second kappa shape index (κ2) is 17.0. The molecule has 0 atom stereocenters. The summed E-state index contributed by atoms with van der Waals surface area (Å²) >= 11 is 0. The van der Waals surface area contributed by atoms with Gasteiger partial charge in [0.2, 0.25) is 0 Å². The molecule has 43 heavy (non-hydrogen) atoms. The van der Waals surface area contributed by atoms with Crippen LogP contribution in [0.15, 0.2) is 79.4 Å². The molecule has 0 saturated heterocycles. The third-order valence-electron chi connectivity index (χ3n) is 5.93. The maximum atomic E-state index is 12.8. The van der Waals surface area contributed by atoms with Crippen molar-refractivity contribution in [3.8, 4) is 23.0 Å². The summed E-state index contributed by atoms with van der Waals surface area (Å²) < 4.78 is 31.9. The molecule has 0 saturated carbocycles. The summed E-state index contributed by atoms with van der Waals surface area (Å²) in [4.78, 5) is 48.9. The number of hydrogen-bond donors (Lipinski definition) is 0. The molecule has 0 heterocycles. The lowest BCUT2D eigenvalue weighted by molar-refractivity contribution is -0.137. The molecule has 0 unspecified atom stereocenters. The van der Waals surface area contributed by atoms with Crippen molar-refractivity contribution in [2.24, 2.45) is 0 Å². The monoisotopic (exact) mass is 590 g/mol. The molecule has 0 aliphatic carbocycles. The molecule has 0 aliphatic heterocycles. The van der Waals surface area contributed by atoms with E-state index in [4.69, 9.17) is 28.4 Å². The first kappa shape index (κ1) is 32.4. The minimum Gasteiger partial charge on any atom is -0.494 e. The Kier molecular flexibility index (Phi) is 12.8. The first-order valence-electron chi connectivity index (χ1n) is 13.8. The number of carbonyl (C=O) groups is 4. The summed E-state index contributed by atoms with van der Waals surface area (Å²) in [7, 11) is 1.18. The Labute approximate surface area is 250 Å². The molecule has 0 aromatic heterocycles. The van der Waals surface area contributed by atoms with Crippen LogP contribution in [0.4, 0.5) is 0 Å². The molecule has 3 aromatic carbocycles. The third-order valence-corrected chi connectivity index (χ3v) is 5.93. The second-order valence-corrected chi connectivity index (χ2v) is 9.11. The van der Waals surface area contributed by atoms with E-state index < -0.39 is 23.9 Å². The molecule has 226 valence electrons. The van der Waals surface area contributed by atoms with E-state index >= 15 is 0 Å². The van der Waals surface area contributed by atoms with Gasteiger partial charge in [0.05, 0.1) is 38.1 Å². The largest absolute Gasteiger partial charge is 0.494 e. The van der Waals surface area contributed by atoms with Crippen molar-refractivity contribution in [3.05, 3.63) is 96.1 Å². The van der Waals surface area contributed by atoms with Gasteiger partial charge >= 0.3 is 23.9 Å². The van der Waals surface area contributed by atoms with E-state index in [1.807, 2.05) is 0 Å². The fourth-order valence-corrected chi connectivity index (χ4v) is 3.59. The number of esters is 4. The van der Waals surface area contributed by atoms with Crippen molar-refractivity contribution in [1.82, 2.24) is 0 Å². The Hall–Kier alpha value is -5.12. The standard InChI is InChI=1S/C33H34O10/c1-4-6-19-39-25-13-9-23(10-14-25)31(35)42-27-17-18-29(28(22-27)33(37)38-3)43-32(36)24-11-15-26(16-12-24)40-20-7-8-21-41-30(34)5-2/h5,9-18,22H,2,4,6-8,19-21H2,1,3H3. The lowest BCUT2D eigenvalue weighted by atomic mass is 10.1. The maximum absolute atomic E-state index is 12.8. The van der Waals surface area contributed by atoms with Crippen LogP contribution in [-0.4, -0.2) is 50.8 Å². The SMILES string of the molecule is C=CC(=O)OCCCCOc1ccc(C(=O)Oc2ccc(OC(=O)c3ccc(OCCCC)cc3)cc2C(=O)OC)cc1. The van der Waals surface area contributed by atoms with Crippen molar-refractivity contribution < 1.29 is 47.6 Å². The lowest BCUT2D eigenvalue weighted by Gasteiger charge is -2.12. The summed E-state index contributed by atoms with van der Waals surface area (Å²) in [5.74, 6) is -1.42. The van der Waals surface area contributed by atoms with Gasteiger partial charge < -0.3 is 28.4 Å². The van der Waals surface area contributed by atoms with Gasteiger partial charge in [0.1, 0.15) is 28.6 Å². The normalized spacial score (nSPS) is 10.3. The number of ether oxygens (including phenoxy) is 6. The number of rotatable bonds is 16. The number of benzene rings is 3. The molecule has 0 spiro atoms. The lowest BCUT2D eigenvalue weighted by Crippen LogP contribution is -2.13. The number of hydrogen-bond acceptors (Lipinski definition) is 10. The molecule has 0 N–H and O–H groups in total. The molecule has 0 bridgehead atoms.